The molecule has 3 rings (SSSR count). The lowest BCUT2D eigenvalue weighted by Gasteiger charge is -2.35. The lowest BCUT2D eigenvalue weighted by molar-refractivity contribution is -0.0137. The van der Waals surface area contributed by atoms with Crippen molar-refractivity contribution in [2.75, 3.05) is 51.0 Å². The number of aliphatic hydroxyl groups excluding tert-OH is 1. The van der Waals surface area contributed by atoms with Gasteiger partial charge in [-0.15, -0.1) is 0 Å². The third kappa shape index (κ3) is 9.18. The summed E-state index contributed by atoms with van der Waals surface area (Å²) in [5.41, 5.74) is 1.11. The van der Waals surface area contributed by atoms with Crippen molar-refractivity contribution in [2.45, 2.75) is 58.3 Å². The second-order valence-electron chi connectivity index (χ2n) is 10.9. The monoisotopic (exact) mass is 558 g/mol. The number of carbonyl (C=O) groups excluding carboxylic acids is 2. The average Bonchev–Trinajstić information content (AvgIpc) is 2.91. The van der Waals surface area contributed by atoms with E-state index in [-0.39, 0.29) is 30.6 Å². The van der Waals surface area contributed by atoms with E-state index >= 15 is 0 Å². The molecule has 0 aliphatic carbocycles. The van der Waals surface area contributed by atoms with Crippen molar-refractivity contribution in [3.8, 4) is 5.75 Å². The highest BCUT2D eigenvalue weighted by molar-refractivity contribution is 6.02. The van der Waals surface area contributed by atoms with Crippen molar-refractivity contribution in [1.82, 2.24) is 9.80 Å². The average molecular weight is 559 g/mol. The molecule has 2 aromatic carbocycles. The van der Waals surface area contributed by atoms with Gasteiger partial charge in [-0.25, -0.2) is 9.18 Å². The van der Waals surface area contributed by atoms with Gasteiger partial charge in [-0.1, -0.05) is 6.92 Å². The van der Waals surface area contributed by atoms with Gasteiger partial charge in [0.2, 0.25) is 0 Å². The molecule has 9 nitrogen and oxygen atoms in total. The first-order valence-electron chi connectivity index (χ1n) is 13.9. The number of ether oxygens (including phenoxy) is 2. The third-order valence-corrected chi connectivity index (χ3v) is 6.96. The Morgan fingerprint density at radius 1 is 1.12 bits per heavy atom. The first-order valence-corrected chi connectivity index (χ1v) is 13.9. The maximum Gasteiger partial charge on any atom is 0.323 e. The van der Waals surface area contributed by atoms with Crippen LogP contribution in [0.25, 0.3) is 0 Å². The summed E-state index contributed by atoms with van der Waals surface area (Å²) in [6, 6.07) is 9.39. The largest absolute Gasteiger partial charge is 0.490 e. The number of halogens is 1. The maximum atomic E-state index is 14.1. The topological polar surface area (TPSA) is 103 Å². The molecule has 3 amide bonds. The van der Waals surface area contributed by atoms with E-state index in [4.69, 9.17) is 9.47 Å². The first kappa shape index (κ1) is 31.3. The zero-order valence-corrected chi connectivity index (χ0v) is 24.2. The van der Waals surface area contributed by atoms with Crippen molar-refractivity contribution in [3.63, 3.8) is 0 Å². The Balaban J connectivity index is 1.92. The fourth-order valence-electron chi connectivity index (χ4n) is 4.65. The van der Waals surface area contributed by atoms with Crippen LogP contribution < -0.4 is 15.4 Å². The van der Waals surface area contributed by atoms with Crippen LogP contribution in [0.15, 0.2) is 42.5 Å². The molecule has 4 atom stereocenters. The predicted molar refractivity (Wildman–Crippen MR) is 154 cm³/mol. The van der Waals surface area contributed by atoms with Crippen LogP contribution in [0.1, 0.15) is 50.4 Å². The number of anilines is 2. The number of rotatable bonds is 6. The summed E-state index contributed by atoms with van der Waals surface area (Å²) >= 11 is 0. The second kappa shape index (κ2) is 15.0. The number of urea groups is 1. The van der Waals surface area contributed by atoms with Gasteiger partial charge in [0.15, 0.2) is 0 Å². The van der Waals surface area contributed by atoms with Crippen LogP contribution in [0, 0.1) is 11.7 Å². The number of amides is 3. The van der Waals surface area contributed by atoms with Crippen LogP contribution in [0.5, 0.6) is 5.75 Å². The minimum atomic E-state index is -0.535. The van der Waals surface area contributed by atoms with Gasteiger partial charge in [0, 0.05) is 37.0 Å². The minimum Gasteiger partial charge on any atom is -0.490 e. The molecule has 40 heavy (non-hydrogen) atoms. The van der Waals surface area contributed by atoms with Gasteiger partial charge in [-0.2, -0.15) is 0 Å². The highest BCUT2D eigenvalue weighted by Crippen LogP contribution is 2.28. The Bertz CT molecular complexity index is 1110. The number of hydrogen-bond acceptors (Lipinski definition) is 6. The highest BCUT2D eigenvalue weighted by atomic mass is 19.1. The maximum absolute atomic E-state index is 14.1. The zero-order chi connectivity index (χ0) is 29.2. The van der Waals surface area contributed by atoms with Crippen LogP contribution >= 0.6 is 0 Å². The number of aliphatic hydroxyl groups is 1. The number of carbonyl (C=O) groups is 2. The van der Waals surface area contributed by atoms with Crippen molar-refractivity contribution in [3.05, 3.63) is 53.8 Å². The Hall–Kier alpha value is -3.21. The molecule has 10 heteroatoms. The summed E-state index contributed by atoms with van der Waals surface area (Å²) in [4.78, 5) is 30.4. The summed E-state index contributed by atoms with van der Waals surface area (Å²) in [5, 5.41) is 15.4. The lowest BCUT2D eigenvalue weighted by Crippen LogP contribution is -2.47. The summed E-state index contributed by atoms with van der Waals surface area (Å²) < 4.78 is 25.7. The molecule has 1 aliphatic heterocycles. The van der Waals surface area contributed by atoms with E-state index in [1.54, 1.807) is 30.0 Å². The fraction of sp³-hybridized carbons (Fsp3) is 0.533. The summed E-state index contributed by atoms with van der Waals surface area (Å²) in [7, 11) is 3.99. The number of likely N-dealkylation sites (N-methyl/N-ethyl adjacent to an activating group) is 1. The van der Waals surface area contributed by atoms with E-state index in [2.05, 4.69) is 22.5 Å². The van der Waals surface area contributed by atoms with Gasteiger partial charge in [-0.3, -0.25) is 4.79 Å². The van der Waals surface area contributed by atoms with Gasteiger partial charge >= 0.3 is 6.03 Å². The quantitative estimate of drug-likeness (QED) is 0.470. The van der Waals surface area contributed by atoms with Crippen LogP contribution in [0.2, 0.25) is 0 Å². The van der Waals surface area contributed by atoms with E-state index in [1.807, 2.05) is 21.0 Å². The van der Waals surface area contributed by atoms with Gasteiger partial charge < -0.3 is 35.0 Å². The van der Waals surface area contributed by atoms with E-state index < -0.39 is 17.9 Å². The standard InChI is InChI=1S/C30H43FN4O5/c1-20-17-35(21(2)19-36)29(37)26-16-25(33-30(38)32-24-11-9-23(31)10-12-24)13-14-27(26)40-22(3)8-6-7-15-39-28(20)18-34(4)5/h9-14,16,20-22,28,36H,6-8,15,17-19H2,1-5H3,(H2,32,33,38)/t20-,21+,22-,28+/m1/s1. The number of hydrogen-bond donors (Lipinski definition) is 3. The van der Waals surface area contributed by atoms with Gasteiger partial charge in [0.1, 0.15) is 11.6 Å². The molecule has 0 fully saturated rings. The first-order chi connectivity index (χ1) is 19.1. The van der Waals surface area contributed by atoms with Gasteiger partial charge in [0.05, 0.1) is 30.4 Å². The van der Waals surface area contributed by atoms with Crippen molar-refractivity contribution < 1.29 is 28.6 Å². The number of fused-ring (bicyclic) bond motifs is 1. The molecule has 3 N–H and O–H groups in total. The number of nitrogens with one attached hydrogen (secondary N) is 2. The molecule has 0 radical (unpaired) electrons. The smallest absolute Gasteiger partial charge is 0.323 e. The lowest BCUT2D eigenvalue weighted by atomic mass is 10.0. The SMILES string of the molecule is C[C@@H]1CCCCO[C@@H](CN(C)C)[C@H](C)CN([C@@H](C)CO)C(=O)c2cc(NC(=O)Nc3ccc(F)cc3)ccc2O1. The summed E-state index contributed by atoms with van der Waals surface area (Å²) in [5.74, 6) is -0.295. The summed E-state index contributed by atoms with van der Waals surface area (Å²) in [6.07, 6.45) is 2.39. The molecule has 0 saturated carbocycles. The molecule has 0 spiro atoms. The Labute approximate surface area is 236 Å². The van der Waals surface area contributed by atoms with Crippen LogP contribution in [0.3, 0.4) is 0 Å². The second-order valence-corrected chi connectivity index (χ2v) is 10.9. The van der Waals surface area contributed by atoms with Crippen LogP contribution in [0.4, 0.5) is 20.6 Å². The molecular formula is C30H43FN4O5. The summed E-state index contributed by atoms with van der Waals surface area (Å²) in [6.45, 7) is 7.33. The van der Waals surface area contributed by atoms with Crippen molar-refractivity contribution in [2.24, 2.45) is 5.92 Å². The molecule has 0 bridgehead atoms. The molecule has 220 valence electrons. The third-order valence-electron chi connectivity index (χ3n) is 6.96. The molecule has 0 unspecified atom stereocenters. The molecule has 0 saturated heterocycles. The predicted octanol–water partition coefficient (Wildman–Crippen LogP) is 4.83. The molecule has 0 aromatic heterocycles. The highest BCUT2D eigenvalue weighted by Gasteiger charge is 2.30. The fourth-order valence-corrected chi connectivity index (χ4v) is 4.65. The Morgan fingerprint density at radius 3 is 2.48 bits per heavy atom. The Morgan fingerprint density at radius 2 is 1.80 bits per heavy atom. The number of nitrogens with zero attached hydrogens (tertiary/aromatic N) is 2. The zero-order valence-electron chi connectivity index (χ0n) is 24.2. The van der Waals surface area contributed by atoms with E-state index in [0.717, 1.165) is 19.3 Å². The molecule has 2 aromatic rings. The van der Waals surface area contributed by atoms with Crippen molar-refractivity contribution >= 4 is 23.3 Å². The molecule has 1 aliphatic rings. The van der Waals surface area contributed by atoms with Gasteiger partial charge in [0.25, 0.3) is 5.91 Å². The van der Waals surface area contributed by atoms with Crippen LogP contribution in [-0.2, 0) is 4.74 Å². The molecule has 1 heterocycles. The Kier molecular flexibility index (Phi) is 11.7. The van der Waals surface area contributed by atoms with Crippen LogP contribution in [-0.4, -0.2) is 85.5 Å². The van der Waals surface area contributed by atoms with Crippen molar-refractivity contribution in [1.29, 1.82) is 0 Å². The van der Waals surface area contributed by atoms with Gasteiger partial charge in [-0.05, 0) is 89.7 Å². The number of benzene rings is 2. The van der Waals surface area contributed by atoms with E-state index in [9.17, 15) is 19.1 Å². The van der Waals surface area contributed by atoms with E-state index in [0.29, 0.717) is 42.4 Å². The molecular weight excluding hydrogens is 515 g/mol. The van der Waals surface area contributed by atoms with E-state index in [1.165, 1.54) is 24.3 Å². The minimum absolute atomic E-state index is 0.00521. The normalized spacial score (nSPS) is 21.6.